The Labute approximate surface area is 74.5 Å². The summed E-state index contributed by atoms with van der Waals surface area (Å²) in [6.45, 7) is 0. The third-order valence-corrected chi connectivity index (χ3v) is 3.19. The highest BCUT2D eigenvalue weighted by Crippen LogP contribution is 2.58. The van der Waals surface area contributed by atoms with Gasteiger partial charge in [-0.3, -0.25) is 4.68 Å². The number of hydrogen-bond acceptors (Lipinski definition) is 1. The number of halogens is 2. The van der Waals surface area contributed by atoms with Crippen molar-refractivity contribution in [2.75, 3.05) is 0 Å². The van der Waals surface area contributed by atoms with Crippen LogP contribution in [0.1, 0.15) is 35.7 Å². The van der Waals surface area contributed by atoms with Crippen molar-refractivity contribution < 1.29 is 8.78 Å². The molecule has 0 N–H and O–H groups in total. The van der Waals surface area contributed by atoms with E-state index in [-0.39, 0.29) is 5.69 Å². The minimum Gasteiger partial charge on any atom is -0.272 e. The molecule has 0 radical (unpaired) electrons. The van der Waals surface area contributed by atoms with Crippen LogP contribution in [0.2, 0.25) is 0 Å². The molecule has 1 saturated carbocycles. The lowest BCUT2D eigenvalue weighted by molar-refractivity contribution is 0.144. The number of fused-ring (bicyclic) bond motifs is 3. The van der Waals surface area contributed by atoms with E-state index in [0.29, 0.717) is 11.8 Å². The molecule has 0 bridgehead atoms. The highest BCUT2D eigenvalue weighted by Gasteiger charge is 2.49. The van der Waals surface area contributed by atoms with Gasteiger partial charge in [-0.25, -0.2) is 8.78 Å². The SMILES string of the molecule is Cn1nc(C(F)F)c2c1CC1CC21. The van der Waals surface area contributed by atoms with E-state index in [9.17, 15) is 8.78 Å². The van der Waals surface area contributed by atoms with Crippen molar-refractivity contribution in [3.05, 3.63) is 17.0 Å². The Balaban J connectivity index is 2.16. The van der Waals surface area contributed by atoms with E-state index in [1.165, 1.54) is 0 Å². The zero-order valence-corrected chi connectivity index (χ0v) is 7.30. The third kappa shape index (κ3) is 0.833. The first-order valence-electron chi connectivity index (χ1n) is 4.52. The van der Waals surface area contributed by atoms with Gasteiger partial charge in [0.05, 0.1) is 0 Å². The molecule has 0 spiro atoms. The van der Waals surface area contributed by atoms with Gasteiger partial charge in [-0.1, -0.05) is 0 Å². The second-order valence-corrected chi connectivity index (χ2v) is 3.98. The highest BCUT2D eigenvalue weighted by molar-refractivity contribution is 5.41. The van der Waals surface area contributed by atoms with Crippen molar-refractivity contribution in [1.29, 1.82) is 0 Å². The molecule has 0 amide bonds. The molecule has 2 aliphatic carbocycles. The number of aromatic nitrogens is 2. The summed E-state index contributed by atoms with van der Waals surface area (Å²) in [6, 6.07) is 0. The molecule has 1 aromatic heterocycles. The van der Waals surface area contributed by atoms with Crippen LogP contribution in [0.15, 0.2) is 0 Å². The molecule has 2 nitrogen and oxygen atoms in total. The van der Waals surface area contributed by atoms with Crippen LogP contribution >= 0.6 is 0 Å². The molecule has 0 saturated heterocycles. The van der Waals surface area contributed by atoms with Gasteiger partial charge in [0.25, 0.3) is 6.43 Å². The highest BCUT2D eigenvalue weighted by atomic mass is 19.3. The molecular weight excluding hydrogens is 174 g/mol. The first-order valence-corrected chi connectivity index (χ1v) is 4.52. The van der Waals surface area contributed by atoms with Crippen LogP contribution in [0.5, 0.6) is 0 Å². The maximum Gasteiger partial charge on any atom is 0.282 e. The Morgan fingerprint density at radius 2 is 2.31 bits per heavy atom. The summed E-state index contributed by atoms with van der Waals surface area (Å²) in [6.07, 6.45) is -0.358. The predicted molar refractivity (Wildman–Crippen MR) is 42.7 cm³/mol. The second-order valence-electron chi connectivity index (χ2n) is 3.98. The van der Waals surface area contributed by atoms with Crippen molar-refractivity contribution in [2.24, 2.45) is 13.0 Å². The zero-order valence-electron chi connectivity index (χ0n) is 7.30. The fourth-order valence-corrected chi connectivity index (χ4v) is 2.48. The van der Waals surface area contributed by atoms with E-state index >= 15 is 0 Å². The Morgan fingerprint density at radius 1 is 1.54 bits per heavy atom. The van der Waals surface area contributed by atoms with Crippen LogP contribution in [-0.4, -0.2) is 9.78 Å². The summed E-state index contributed by atoms with van der Waals surface area (Å²) in [5.74, 6) is 1.06. The average Bonchev–Trinajstić information content (AvgIpc) is 2.61. The minimum atomic E-state index is -2.41. The van der Waals surface area contributed by atoms with E-state index in [1.807, 2.05) is 0 Å². The topological polar surface area (TPSA) is 17.8 Å². The summed E-state index contributed by atoms with van der Waals surface area (Å²) in [4.78, 5) is 0. The van der Waals surface area contributed by atoms with Gasteiger partial charge in [0.15, 0.2) is 0 Å². The Morgan fingerprint density at radius 3 is 3.00 bits per heavy atom. The molecule has 2 unspecified atom stereocenters. The maximum atomic E-state index is 12.6. The lowest BCUT2D eigenvalue weighted by Crippen LogP contribution is -1.98. The van der Waals surface area contributed by atoms with Gasteiger partial charge in [-0.2, -0.15) is 5.10 Å². The molecule has 3 rings (SSSR count). The van der Waals surface area contributed by atoms with Gasteiger partial charge >= 0.3 is 0 Å². The minimum absolute atomic E-state index is 0.0301. The molecular formula is C9H10F2N2. The van der Waals surface area contributed by atoms with Crippen LogP contribution < -0.4 is 0 Å². The van der Waals surface area contributed by atoms with Gasteiger partial charge in [-0.05, 0) is 24.7 Å². The summed E-state index contributed by atoms with van der Waals surface area (Å²) >= 11 is 0. The second kappa shape index (κ2) is 2.11. The Kier molecular flexibility index (Phi) is 1.21. The van der Waals surface area contributed by atoms with Crippen molar-refractivity contribution in [2.45, 2.75) is 25.2 Å². The lowest BCUT2D eigenvalue weighted by Gasteiger charge is -1.97. The molecule has 4 heteroatoms. The van der Waals surface area contributed by atoms with E-state index in [2.05, 4.69) is 5.10 Å². The normalized spacial score (nSPS) is 29.2. The molecule has 0 aliphatic heterocycles. The fourth-order valence-electron chi connectivity index (χ4n) is 2.48. The number of aryl methyl sites for hydroxylation is 1. The van der Waals surface area contributed by atoms with Crippen molar-refractivity contribution in [3.8, 4) is 0 Å². The number of alkyl halides is 2. The molecule has 1 heterocycles. The number of hydrogen-bond donors (Lipinski definition) is 0. The molecule has 1 fully saturated rings. The molecule has 2 atom stereocenters. The first-order chi connectivity index (χ1) is 6.18. The average molecular weight is 184 g/mol. The predicted octanol–water partition coefficient (Wildman–Crippen LogP) is 2.02. The van der Waals surface area contributed by atoms with Crippen molar-refractivity contribution >= 4 is 0 Å². The Hall–Kier alpha value is -0.930. The van der Waals surface area contributed by atoms with Crippen molar-refractivity contribution in [1.82, 2.24) is 9.78 Å². The fraction of sp³-hybridized carbons (Fsp3) is 0.667. The van der Waals surface area contributed by atoms with Crippen LogP contribution in [0, 0.1) is 5.92 Å². The largest absolute Gasteiger partial charge is 0.282 e. The smallest absolute Gasteiger partial charge is 0.272 e. The maximum absolute atomic E-state index is 12.6. The van der Waals surface area contributed by atoms with Crippen LogP contribution in [0.4, 0.5) is 8.78 Å². The van der Waals surface area contributed by atoms with Gasteiger partial charge in [-0.15, -0.1) is 0 Å². The molecule has 0 aromatic carbocycles. The van der Waals surface area contributed by atoms with Gasteiger partial charge in [0, 0.05) is 18.3 Å². The molecule has 13 heavy (non-hydrogen) atoms. The van der Waals surface area contributed by atoms with Crippen LogP contribution in [0.3, 0.4) is 0 Å². The van der Waals surface area contributed by atoms with Gasteiger partial charge in [0.2, 0.25) is 0 Å². The quantitative estimate of drug-likeness (QED) is 0.652. The summed E-state index contributed by atoms with van der Waals surface area (Å²) < 4.78 is 26.7. The van der Waals surface area contributed by atoms with E-state index in [1.54, 1.807) is 11.7 Å². The first kappa shape index (κ1) is 7.47. The monoisotopic (exact) mass is 184 g/mol. The molecule has 2 aliphatic rings. The van der Waals surface area contributed by atoms with E-state index < -0.39 is 6.43 Å². The Bertz CT molecular complexity index is 370. The van der Waals surface area contributed by atoms with Gasteiger partial charge in [0.1, 0.15) is 5.69 Å². The number of nitrogens with zero attached hydrogens (tertiary/aromatic N) is 2. The summed E-state index contributed by atoms with van der Waals surface area (Å²) in [5.41, 5.74) is 1.93. The standard InChI is InChI=1S/C9H10F2N2/c1-13-6-3-4-2-5(4)7(6)8(12-13)9(10)11/h4-5,9H,2-3H2,1H3. The van der Waals surface area contributed by atoms with E-state index in [4.69, 9.17) is 0 Å². The summed E-state index contributed by atoms with van der Waals surface area (Å²) in [7, 11) is 1.76. The molecule has 1 aromatic rings. The van der Waals surface area contributed by atoms with Crippen LogP contribution in [-0.2, 0) is 13.5 Å². The van der Waals surface area contributed by atoms with E-state index in [0.717, 1.165) is 24.1 Å². The third-order valence-electron chi connectivity index (χ3n) is 3.19. The lowest BCUT2D eigenvalue weighted by atomic mass is 10.1. The summed E-state index contributed by atoms with van der Waals surface area (Å²) in [5, 5.41) is 3.88. The number of rotatable bonds is 1. The van der Waals surface area contributed by atoms with Crippen LogP contribution in [0.25, 0.3) is 0 Å². The van der Waals surface area contributed by atoms with Crippen molar-refractivity contribution in [3.63, 3.8) is 0 Å². The molecule has 70 valence electrons. The van der Waals surface area contributed by atoms with Gasteiger partial charge < -0.3 is 0 Å². The zero-order chi connectivity index (χ0) is 9.16.